The molecule has 0 aromatic rings. The van der Waals surface area contributed by atoms with E-state index in [0.717, 1.165) is 23.7 Å². The summed E-state index contributed by atoms with van der Waals surface area (Å²) in [6.07, 6.45) is 19.5. The van der Waals surface area contributed by atoms with Crippen molar-refractivity contribution in [3.8, 4) is 0 Å². The van der Waals surface area contributed by atoms with Gasteiger partial charge in [-0.15, -0.1) is 0 Å². The molecule has 2 aliphatic rings. The molecule has 34 heavy (non-hydrogen) atoms. The molecule has 202 valence electrons. The highest BCUT2D eigenvalue weighted by atomic mass is 14.9. The van der Waals surface area contributed by atoms with E-state index in [4.69, 9.17) is 0 Å². The Bertz CT molecular complexity index is 491. The summed E-state index contributed by atoms with van der Waals surface area (Å²) in [5.41, 5.74) is 1.10. The van der Waals surface area contributed by atoms with Crippen molar-refractivity contribution in [2.75, 3.05) is 13.1 Å². The number of unbranched alkanes of at least 4 members (excludes halogenated alkanes) is 3. The van der Waals surface area contributed by atoms with Gasteiger partial charge in [-0.2, -0.15) is 0 Å². The van der Waals surface area contributed by atoms with Gasteiger partial charge in [0.05, 0.1) is 0 Å². The van der Waals surface area contributed by atoms with Crippen LogP contribution in [0.25, 0.3) is 0 Å². The first-order chi connectivity index (χ1) is 16.0. The minimum Gasteiger partial charge on any atom is -0.314 e. The molecule has 2 saturated carbocycles. The zero-order valence-electron chi connectivity index (χ0n) is 24.8. The van der Waals surface area contributed by atoms with Crippen molar-refractivity contribution in [2.45, 2.75) is 157 Å². The van der Waals surface area contributed by atoms with Gasteiger partial charge in [-0.25, -0.2) is 0 Å². The van der Waals surface area contributed by atoms with Gasteiger partial charge in [0.15, 0.2) is 0 Å². The van der Waals surface area contributed by atoms with Crippen LogP contribution in [0, 0.1) is 34.5 Å². The van der Waals surface area contributed by atoms with Gasteiger partial charge >= 0.3 is 0 Å². The summed E-state index contributed by atoms with van der Waals surface area (Å²) in [7, 11) is 0. The van der Waals surface area contributed by atoms with Crippen LogP contribution in [0.3, 0.4) is 0 Å². The van der Waals surface area contributed by atoms with Crippen molar-refractivity contribution >= 4 is 0 Å². The first kappa shape index (κ1) is 30.1. The first-order valence-electron chi connectivity index (χ1n) is 15.5. The number of rotatable bonds is 15. The van der Waals surface area contributed by atoms with Gasteiger partial charge in [0.1, 0.15) is 0 Å². The van der Waals surface area contributed by atoms with E-state index in [0.29, 0.717) is 22.9 Å². The SMILES string of the molecule is CC(CCC1C(C)CCCC1(C)C)NCCCCCCNC(C)CCC1C(C)CCCC1(C)C. The summed E-state index contributed by atoms with van der Waals surface area (Å²) < 4.78 is 0. The molecule has 0 aromatic heterocycles. The lowest BCUT2D eigenvalue weighted by molar-refractivity contribution is 0.0723. The standard InChI is InChI=1S/C32H64N2/c1-25-15-13-21-31(5,6)29(25)19-17-27(3)33-23-11-9-10-12-24-34-28(4)18-20-30-26(2)16-14-22-32(30,7)8/h25-30,33-34H,9-24H2,1-8H3. The highest BCUT2D eigenvalue weighted by Gasteiger charge is 2.37. The van der Waals surface area contributed by atoms with Crippen LogP contribution in [0.5, 0.6) is 0 Å². The number of nitrogens with one attached hydrogen (secondary N) is 2. The molecule has 0 amide bonds. The Balaban J connectivity index is 1.45. The van der Waals surface area contributed by atoms with Crippen LogP contribution < -0.4 is 10.6 Å². The normalized spacial score (nSPS) is 30.7. The largest absolute Gasteiger partial charge is 0.314 e. The van der Waals surface area contributed by atoms with Crippen molar-refractivity contribution in [1.82, 2.24) is 10.6 Å². The zero-order chi connectivity index (χ0) is 25.2. The zero-order valence-corrected chi connectivity index (χ0v) is 24.8. The molecule has 0 heterocycles. The van der Waals surface area contributed by atoms with Gasteiger partial charge in [0.2, 0.25) is 0 Å². The Morgan fingerprint density at radius 2 is 1.03 bits per heavy atom. The summed E-state index contributed by atoms with van der Waals surface area (Å²) in [6, 6.07) is 1.34. The third kappa shape index (κ3) is 10.1. The van der Waals surface area contributed by atoms with E-state index < -0.39 is 0 Å². The fourth-order valence-corrected chi connectivity index (χ4v) is 7.79. The molecule has 6 unspecified atom stereocenters. The van der Waals surface area contributed by atoms with Gasteiger partial charge in [-0.05, 0) is 113 Å². The minimum absolute atomic E-state index is 0.549. The Morgan fingerprint density at radius 1 is 0.647 bits per heavy atom. The third-order valence-electron chi connectivity index (χ3n) is 10.3. The van der Waals surface area contributed by atoms with Gasteiger partial charge in [-0.3, -0.25) is 0 Å². The van der Waals surface area contributed by atoms with E-state index in [9.17, 15) is 0 Å². The quantitative estimate of drug-likeness (QED) is 0.230. The van der Waals surface area contributed by atoms with Gasteiger partial charge < -0.3 is 10.6 Å². The molecule has 0 saturated heterocycles. The summed E-state index contributed by atoms with van der Waals surface area (Å²) >= 11 is 0. The molecule has 2 heteroatoms. The lowest BCUT2D eigenvalue weighted by atomic mass is 9.62. The molecule has 0 aliphatic heterocycles. The topological polar surface area (TPSA) is 24.1 Å². The fourth-order valence-electron chi connectivity index (χ4n) is 7.79. The van der Waals surface area contributed by atoms with Crippen LogP contribution in [0.15, 0.2) is 0 Å². The molecular weight excluding hydrogens is 412 g/mol. The Hall–Kier alpha value is -0.0800. The van der Waals surface area contributed by atoms with E-state index >= 15 is 0 Å². The predicted molar refractivity (Wildman–Crippen MR) is 152 cm³/mol. The van der Waals surface area contributed by atoms with E-state index in [1.807, 2.05) is 0 Å². The average molecular weight is 477 g/mol. The number of hydrogen-bond acceptors (Lipinski definition) is 2. The smallest absolute Gasteiger partial charge is 0.00388 e. The van der Waals surface area contributed by atoms with Crippen LogP contribution in [0.1, 0.15) is 145 Å². The highest BCUT2D eigenvalue weighted by Crippen LogP contribution is 2.47. The molecule has 0 bridgehead atoms. The van der Waals surface area contributed by atoms with Crippen LogP contribution >= 0.6 is 0 Å². The summed E-state index contributed by atoms with van der Waals surface area (Å²) in [4.78, 5) is 0. The maximum absolute atomic E-state index is 3.82. The second kappa shape index (κ2) is 14.6. The lowest BCUT2D eigenvalue weighted by Gasteiger charge is -2.43. The molecule has 6 atom stereocenters. The maximum atomic E-state index is 3.82. The molecule has 0 aromatic carbocycles. The lowest BCUT2D eigenvalue weighted by Crippen LogP contribution is -2.35. The molecule has 2 aliphatic carbocycles. The Morgan fingerprint density at radius 3 is 1.38 bits per heavy atom. The van der Waals surface area contributed by atoms with Gasteiger partial charge in [0.25, 0.3) is 0 Å². The van der Waals surface area contributed by atoms with Crippen molar-refractivity contribution in [1.29, 1.82) is 0 Å². The molecule has 2 nitrogen and oxygen atoms in total. The van der Waals surface area contributed by atoms with Crippen molar-refractivity contribution in [3.05, 3.63) is 0 Å². The van der Waals surface area contributed by atoms with E-state index in [1.54, 1.807) is 0 Å². The number of hydrogen-bond donors (Lipinski definition) is 2. The van der Waals surface area contributed by atoms with E-state index in [2.05, 4.69) is 66.0 Å². The molecule has 2 N–H and O–H groups in total. The molecule has 2 fully saturated rings. The summed E-state index contributed by atoms with van der Waals surface area (Å²) in [5, 5.41) is 7.63. The second-order valence-electron chi connectivity index (χ2n) is 14.2. The average Bonchev–Trinajstić information content (AvgIpc) is 2.74. The molecule has 2 rings (SSSR count). The van der Waals surface area contributed by atoms with Crippen molar-refractivity contribution in [2.24, 2.45) is 34.5 Å². The van der Waals surface area contributed by atoms with Crippen LogP contribution in [0.4, 0.5) is 0 Å². The third-order valence-corrected chi connectivity index (χ3v) is 10.3. The van der Waals surface area contributed by atoms with Crippen LogP contribution in [-0.2, 0) is 0 Å². The van der Waals surface area contributed by atoms with E-state index in [1.165, 1.54) is 103 Å². The molecular formula is C32H64N2. The van der Waals surface area contributed by atoms with Crippen molar-refractivity contribution < 1.29 is 0 Å². The van der Waals surface area contributed by atoms with Crippen LogP contribution in [-0.4, -0.2) is 25.2 Å². The maximum Gasteiger partial charge on any atom is 0.00388 e. The first-order valence-corrected chi connectivity index (χ1v) is 15.5. The van der Waals surface area contributed by atoms with Crippen molar-refractivity contribution in [3.63, 3.8) is 0 Å². The highest BCUT2D eigenvalue weighted by molar-refractivity contribution is 4.88. The van der Waals surface area contributed by atoms with E-state index in [-0.39, 0.29) is 0 Å². The molecule has 0 radical (unpaired) electrons. The monoisotopic (exact) mass is 477 g/mol. The van der Waals surface area contributed by atoms with Crippen LogP contribution in [0.2, 0.25) is 0 Å². The predicted octanol–water partition coefficient (Wildman–Crippen LogP) is 8.99. The summed E-state index contributed by atoms with van der Waals surface area (Å²) in [6.45, 7) is 22.3. The fraction of sp³-hybridized carbons (Fsp3) is 1.00. The Kier molecular flexibility index (Phi) is 13.0. The van der Waals surface area contributed by atoms with Gasteiger partial charge in [0, 0.05) is 12.1 Å². The minimum atomic E-state index is 0.549. The molecule has 0 spiro atoms. The Labute approximate surface area is 215 Å². The second-order valence-corrected chi connectivity index (χ2v) is 14.2. The van der Waals surface area contributed by atoms with Gasteiger partial charge in [-0.1, -0.05) is 80.1 Å². The summed E-state index contributed by atoms with van der Waals surface area (Å²) in [5.74, 6) is 3.65.